The summed E-state index contributed by atoms with van der Waals surface area (Å²) in [5.41, 5.74) is 0. The minimum absolute atomic E-state index is 0.0564. The number of hydrogen-bond acceptors (Lipinski definition) is 4. The van der Waals surface area contributed by atoms with Gasteiger partial charge in [-0.25, -0.2) is 4.79 Å². The van der Waals surface area contributed by atoms with Gasteiger partial charge < -0.3 is 14.2 Å². The third-order valence-electron chi connectivity index (χ3n) is 4.16. The van der Waals surface area contributed by atoms with E-state index in [1.807, 2.05) is 13.8 Å². The first-order valence-corrected chi connectivity index (χ1v) is 9.07. The van der Waals surface area contributed by atoms with E-state index in [0.29, 0.717) is 12.2 Å². The van der Waals surface area contributed by atoms with E-state index in [1.54, 1.807) is 0 Å². The number of carbonyl (C=O) groups excluding carboxylic acids is 1. The topological polar surface area (TPSA) is 48.1 Å². The molecule has 0 amide bonds. The fraction of sp³-hybridized carbons (Fsp3) is 0.929. The summed E-state index contributed by atoms with van der Waals surface area (Å²) < 4.78 is 15.8. The van der Waals surface area contributed by atoms with Crippen molar-refractivity contribution in [1.82, 2.24) is 0 Å². The van der Waals surface area contributed by atoms with E-state index in [2.05, 4.69) is 0 Å². The molecule has 19 heavy (non-hydrogen) atoms. The molecule has 0 spiro atoms. The molecular formula is C14H26O4Si. The zero-order valence-corrected chi connectivity index (χ0v) is 13.7. The Morgan fingerprint density at radius 1 is 1.37 bits per heavy atom. The monoisotopic (exact) mass is 286 g/mol. The summed E-state index contributed by atoms with van der Waals surface area (Å²) in [6.45, 7) is 4.13. The van der Waals surface area contributed by atoms with Gasteiger partial charge in [-0.05, 0) is 39.0 Å². The molecule has 1 aliphatic carbocycles. The fourth-order valence-corrected chi connectivity index (χ4v) is 4.97. The largest absolute Gasteiger partial charge is 0.463 e. The maximum atomic E-state index is 11.4. The molecule has 3 unspecified atom stereocenters. The maximum Gasteiger partial charge on any atom is 0.332 e. The molecular weight excluding hydrogens is 260 g/mol. The number of ether oxygens (including phenoxy) is 3. The Balaban J connectivity index is 1.61. The van der Waals surface area contributed by atoms with Crippen molar-refractivity contribution in [3.8, 4) is 0 Å². The lowest BCUT2D eigenvalue weighted by Crippen LogP contribution is -2.36. The number of epoxide rings is 1. The quantitative estimate of drug-likeness (QED) is 0.404. The zero-order valence-electron chi connectivity index (χ0n) is 12.3. The van der Waals surface area contributed by atoms with Crippen LogP contribution in [0.15, 0.2) is 0 Å². The summed E-state index contributed by atoms with van der Waals surface area (Å²) in [6, 6.07) is 1.25. The van der Waals surface area contributed by atoms with Gasteiger partial charge in [0.25, 0.3) is 0 Å². The SMILES string of the molecule is COCC(=O)OC(C)(C)[SiH2]CCC1CCC2OC2C1. The van der Waals surface area contributed by atoms with Crippen molar-refractivity contribution in [2.45, 2.75) is 63.0 Å². The van der Waals surface area contributed by atoms with Crippen LogP contribution in [0.4, 0.5) is 0 Å². The van der Waals surface area contributed by atoms with Crippen LogP contribution >= 0.6 is 0 Å². The second-order valence-electron chi connectivity index (χ2n) is 6.45. The van der Waals surface area contributed by atoms with E-state index in [0.717, 1.165) is 5.92 Å². The number of rotatable bonds is 7. The zero-order chi connectivity index (χ0) is 13.9. The van der Waals surface area contributed by atoms with Gasteiger partial charge >= 0.3 is 5.97 Å². The summed E-state index contributed by atoms with van der Waals surface area (Å²) in [4.78, 5) is 11.4. The molecule has 0 aromatic heterocycles. The van der Waals surface area contributed by atoms with Crippen LogP contribution < -0.4 is 0 Å². The molecule has 1 aliphatic heterocycles. The Morgan fingerprint density at radius 3 is 2.84 bits per heavy atom. The Kier molecular flexibility index (Phi) is 5.03. The van der Waals surface area contributed by atoms with Gasteiger partial charge in [-0.15, -0.1) is 0 Å². The molecule has 0 bridgehead atoms. The van der Waals surface area contributed by atoms with Gasteiger partial charge in [-0.3, -0.25) is 0 Å². The molecule has 4 nitrogen and oxygen atoms in total. The lowest BCUT2D eigenvalue weighted by atomic mass is 9.88. The highest BCUT2D eigenvalue weighted by atomic mass is 28.2. The van der Waals surface area contributed by atoms with Crippen molar-refractivity contribution < 1.29 is 19.0 Å². The van der Waals surface area contributed by atoms with Crippen LogP contribution in [0, 0.1) is 5.92 Å². The molecule has 0 aromatic rings. The molecule has 110 valence electrons. The standard InChI is InChI=1S/C14H26O4Si/c1-14(2,18-13(15)9-16-3)19-7-6-10-4-5-11-12(8-10)17-11/h10-12H,4-9,19H2,1-3H3. The highest BCUT2D eigenvalue weighted by Gasteiger charge is 2.43. The van der Waals surface area contributed by atoms with Crippen molar-refractivity contribution in [3.05, 3.63) is 0 Å². The second kappa shape index (κ2) is 6.37. The molecule has 0 aromatic carbocycles. The smallest absolute Gasteiger partial charge is 0.332 e. The lowest BCUT2D eigenvalue weighted by molar-refractivity contribution is -0.154. The normalized spacial score (nSPS) is 30.4. The van der Waals surface area contributed by atoms with E-state index in [1.165, 1.54) is 38.8 Å². The lowest BCUT2D eigenvalue weighted by Gasteiger charge is -2.26. The van der Waals surface area contributed by atoms with Crippen molar-refractivity contribution in [2.24, 2.45) is 5.92 Å². The molecule has 3 atom stereocenters. The van der Waals surface area contributed by atoms with E-state index < -0.39 is 9.52 Å². The molecule has 2 rings (SSSR count). The molecule has 0 radical (unpaired) electrons. The highest BCUT2D eigenvalue weighted by Crippen LogP contribution is 2.41. The molecule has 2 aliphatic rings. The van der Waals surface area contributed by atoms with E-state index in [9.17, 15) is 4.79 Å². The van der Waals surface area contributed by atoms with Crippen LogP contribution in [0.2, 0.25) is 6.04 Å². The summed E-state index contributed by atoms with van der Waals surface area (Å²) in [6.07, 6.45) is 6.28. The number of methoxy groups -OCH3 is 1. The second-order valence-corrected chi connectivity index (χ2v) is 9.36. The first-order valence-electron chi connectivity index (χ1n) is 7.36. The average Bonchev–Trinajstić information content (AvgIpc) is 3.06. The van der Waals surface area contributed by atoms with Crippen LogP contribution in [0.5, 0.6) is 0 Å². The Hall–Kier alpha value is -0.393. The number of esters is 1. The predicted molar refractivity (Wildman–Crippen MR) is 76.0 cm³/mol. The van der Waals surface area contributed by atoms with Crippen LogP contribution in [0.25, 0.3) is 0 Å². The average molecular weight is 286 g/mol. The molecule has 0 N–H and O–H groups in total. The predicted octanol–water partition coefficient (Wildman–Crippen LogP) is 1.46. The van der Waals surface area contributed by atoms with Gasteiger partial charge in [-0.2, -0.15) is 0 Å². The maximum absolute atomic E-state index is 11.4. The minimum atomic E-state index is -0.408. The van der Waals surface area contributed by atoms with Gasteiger partial charge in [0.1, 0.15) is 6.61 Å². The summed E-state index contributed by atoms with van der Waals surface area (Å²) in [7, 11) is 1.11. The van der Waals surface area contributed by atoms with E-state index in [4.69, 9.17) is 14.2 Å². The third kappa shape index (κ3) is 4.89. The van der Waals surface area contributed by atoms with Crippen LogP contribution in [-0.2, 0) is 19.0 Å². The molecule has 1 saturated carbocycles. The number of carbonyl (C=O) groups is 1. The summed E-state index contributed by atoms with van der Waals surface area (Å²) in [5, 5.41) is -0.247. The van der Waals surface area contributed by atoms with Crippen molar-refractivity contribution >= 4 is 15.5 Å². The first kappa shape index (κ1) is 15.0. The highest BCUT2D eigenvalue weighted by molar-refractivity contribution is 6.39. The molecule has 1 heterocycles. The van der Waals surface area contributed by atoms with E-state index in [-0.39, 0.29) is 17.8 Å². The van der Waals surface area contributed by atoms with E-state index >= 15 is 0 Å². The summed E-state index contributed by atoms with van der Waals surface area (Å²) in [5.74, 6) is 0.591. The van der Waals surface area contributed by atoms with Gasteiger partial charge in [-0.1, -0.05) is 12.5 Å². The van der Waals surface area contributed by atoms with Crippen LogP contribution in [0.3, 0.4) is 0 Å². The Labute approximate surface area is 118 Å². The first-order chi connectivity index (χ1) is 9.00. The Morgan fingerprint density at radius 2 is 2.16 bits per heavy atom. The van der Waals surface area contributed by atoms with Gasteiger partial charge in [0.05, 0.1) is 27.0 Å². The van der Waals surface area contributed by atoms with Crippen LogP contribution in [-0.4, -0.2) is 46.6 Å². The summed E-state index contributed by atoms with van der Waals surface area (Å²) >= 11 is 0. The van der Waals surface area contributed by atoms with Gasteiger partial charge in [0.15, 0.2) is 0 Å². The molecule has 2 fully saturated rings. The third-order valence-corrected chi connectivity index (χ3v) is 6.27. The van der Waals surface area contributed by atoms with Gasteiger partial charge in [0.2, 0.25) is 0 Å². The minimum Gasteiger partial charge on any atom is -0.463 e. The number of fused-ring (bicyclic) bond motifs is 1. The van der Waals surface area contributed by atoms with Crippen molar-refractivity contribution in [2.75, 3.05) is 13.7 Å². The Bertz CT molecular complexity index is 319. The van der Waals surface area contributed by atoms with Gasteiger partial charge in [0, 0.05) is 7.11 Å². The number of hydrogen-bond donors (Lipinski definition) is 0. The van der Waals surface area contributed by atoms with Crippen LogP contribution in [0.1, 0.15) is 39.5 Å². The fourth-order valence-electron chi connectivity index (χ4n) is 3.07. The van der Waals surface area contributed by atoms with Crippen molar-refractivity contribution in [3.63, 3.8) is 0 Å². The molecule has 5 heteroatoms. The van der Waals surface area contributed by atoms with Crippen molar-refractivity contribution in [1.29, 1.82) is 0 Å². The molecule has 1 saturated heterocycles.